The zero-order valence-corrected chi connectivity index (χ0v) is 13.0. The molecule has 1 saturated heterocycles. The van der Waals surface area contributed by atoms with Crippen LogP contribution in [-0.4, -0.2) is 49.1 Å². The normalized spacial score (nSPS) is 25.7. The second kappa shape index (κ2) is 6.76. The predicted octanol–water partition coefficient (Wildman–Crippen LogP) is 2.50. The highest BCUT2D eigenvalue weighted by atomic mass is 16.7. The van der Waals surface area contributed by atoms with E-state index >= 15 is 0 Å². The van der Waals surface area contributed by atoms with Crippen molar-refractivity contribution in [2.24, 2.45) is 0 Å². The molecular formula is C15H28N2O3. The minimum atomic E-state index is -0.365. The summed E-state index contributed by atoms with van der Waals surface area (Å²) in [6, 6.07) is 0.148. The molecule has 0 unspecified atom stereocenters. The van der Waals surface area contributed by atoms with Crippen LogP contribution in [0.15, 0.2) is 0 Å². The number of carbonyl (C=O) groups excluding carboxylic acids is 1. The molecule has 5 heteroatoms. The number of nitrogens with zero attached hydrogens (tertiary/aromatic N) is 1. The fourth-order valence-corrected chi connectivity index (χ4v) is 2.81. The number of amides is 2. The third-order valence-electron chi connectivity index (χ3n) is 4.35. The van der Waals surface area contributed by atoms with Crippen molar-refractivity contribution < 1.29 is 14.3 Å². The summed E-state index contributed by atoms with van der Waals surface area (Å²) in [5, 5.41) is 2.93. The topological polar surface area (TPSA) is 50.8 Å². The van der Waals surface area contributed by atoms with Gasteiger partial charge in [0.1, 0.15) is 6.10 Å². The minimum Gasteiger partial charge on any atom is -0.347 e. The Morgan fingerprint density at radius 3 is 2.55 bits per heavy atom. The van der Waals surface area contributed by atoms with Gasteiger partial charge in [0.2, 0.25) is 0 Å². The first-order chi connectivity index (χ1) is 9.52. The van der Waals surface area contributed by atoms with Crippen LogP contribution in [-0.2, 0) is 9.47 Å². The lowest BCUT2D eigenvalue weighted by molar-refractivity contribution is -0.175. The Morgan fingerprint density at radius 2 is 1.95 bits per heavy atom. The Morgan fingerprint density at radius 1 is 1.30 bits per heavy atom. The SMILES string of the molecule is CC(C)N(C)C(=O)NC[C@H]1COC2(CCCCCC2)O1. The number of hydrogen-bond donors (Lipinski definition) is 1. The molecule has 0 aromatic rings. The van der Waals surface area contributed by atoms with E-state index in [0.717, 1.165) is 12.8 Å². The number of hydrogen-bond acceptors (Lipinski definition) is 3. The zero-order valence-electron chi connectivity index (χ0n) is 13.0. The molecule has 2 fully saturated rings. The fourth-order valence-electron chi connectivity index (χ4n) is 2.81. The lowest BCUT2D eigenvalue weighted by atomic mass is 10.1. The van der Waals surface area contributed by atoms with E-state index < -0.39 is 0 Å². The zero-order chi connectivity index (χ0) is 14.6. The van der Waals surface area contributed by atoms with Gasteiger partial charge in [-0.05, 0) is 26.7 Å². The fraction of sp³-hybridized carbons (Fsp3) is 0.933. The summed E-state index contributed by atoms with van der Waals surface area (Å²) in [5.41, 5.74) is 0. The number of ether oxygens (including phenoxy) is 2. The van der Waals surface area contributed by atoms with Crippen LogP contribution in [0.1, 0.15) is 52.4 Å². The van der Waals surface area contributed by atoms with Crippen molar-refractivity contribution in [3.63, 3.8) is 0 Å². The average molecular weight is 284 g/mol. The van der Waals surface area contributed by atoms with Crippen molar-refractivity contribution in [1.82, 2.24) is 10.2 Å². The highest BCUT2D eigenvalue weighted by Crippen LogP contribution is 2.36. The molecule has 5 nitrogen and oxygen atoms in total. The maximum atomic E-state index is 11.9. The Balaban J connectivity index is 1.77. The van der Waals surface area contributed by atoms with E-state index in [1.54, 1.807) is 11.9 Å². The molecule has 1 N–H and O–H groups in total. The van der Waals surface area contributed by atoms with E-state index in [-0.39, 0.29) is 24.0 Å². The van der Waals surface area contributed by atoms with Crippen LogP contribution in [0.3, 0.4) is 0 Å². The Hall–Kier alpha value is -0.810. The summed E-state index contributed by atoms with van der Waals surface area (Å²) in [4.78, 5) is 13.6. The molecule has 0 aromatic carbocycles. The van der Waals surface area contributed by atoms with E-state index in [1.165, 1.54) is 25.7 Å². The van der Waals surface area contributed by atoms with Gasteiger partial charge in [0.05, 0.1) is 6.61 Å². The summed E-state index contributed by atoms with van der Waals surface area (Å²) in [6.45, 7) is 5.11. The maximum Gasteiger partial charge on any atom is 0.317 e. The van der Waals surface area contributed by atoms with Gasteiger partial charge in [0, 0.05) is 32.5 Å². The third-order valence-corrected chi connectivity index (χ3v) is 4.35. The van der Waals surface area contributed by atoms with Crippen LogP contribution in [0.5, 0.6) is 0 Å². The first kappa shape index (κ1) is 15.6. The molecule has 116 valence electrons. The van der Waals surface area contributed by atoms with Crippen LogP contribution in [0.25, 0.3) is 0 Å². The van der Waals surface area contributed by atoms with Gasteiger partial charge in [-0.25, -0.2) is 4.79 Å². The summed E-state index contributed by atoms with van der Waals surface area (Å²) < 4.78 is 12.0. The molecule has 1 spiro atoms. The highest BCUT2D eigenvalue weighted by molar-refractivity contribution is 5.74. The number of carbonyl (C=O) groups is 1. The van der Waals surface area contributed by atoms with E-state index in [1.807, 2.05) is 13.8 Å². The summed E-state index contributed by atoms with van der Waals surface area (Å²) in [6.07, 6.45) is 6.86. The lowest BCUT2D eigenvalue weighted by Gasteiger charge is -2.27. The Bertz CT molecular complexity index is 325. The lowest BCUT2D eigenvalue weighted by Crippen LogP contribution is -2.44. The largest absolute Gasteiger partial charge is 0.347 e. The smallest absolute Gasteiger partial charge is 0.317 e. The number of nitrogens with one attached hydrogen (secondary N) is 1. The van der Waals surface area contributed by atoms with Gasteiger partial charge in [0.25, 0.3) is 0 Å². The van der Waals surface area contributed by atoms with Gasteiger partial charge < -0.3 is 19.7 Å². The minimum absolute atomic E-state index is 0.0161. The van der Waals surface area contributed by atoms with Crippen LogP contribution >= 0.6 is 0 Å². The molecule has 1 heterocycles. The standard InChI is InChI=1S/C15H28N2O3/c1-12(2)17(3)14(18)16-10-13-11-19-15(20-13)8-6-4-5-7-9-15/h12-13H,4-11H2,1-3H3,(H,16,18)/t13-/m0/s1. The molecule has 0 bridgehead atoms. The van der Waals surface area contributed by atoms with E-state index in [2.05, 4.69) is 5.32 Å². The molecule has 2 amide bonds. The van der Waals surface area contributed by atoms with E-state index in [9.17, 15) is 4.79 Å². The van der Waals surface area contributed by atoms with Gasteiger partial charge >= 0.3 is 6.03 Å². The van der Waals surface area contributed by atoms with Crippen molar-refractivity contribution in [2.45, 2.75) is 70.3 Å². The van der Waals surface area contributed by atoms with Gasteiger partial charge in [-0.3, -0.25) is 0 Å². The number of urea groups is 1. The van der Waals surface area contributed by atoms with Gasteiger partial charge in [-0.2, -0.15) is 0 Å². The Labute approximate surface area is 122 Å². The van der Waals surface area contributed by atoms with Gasteiger partial charge in [-0.1, -0.05) is 12.8 Å². The molecule has 1 atom stereocenters. The molecule has 1 saturated carbocycles. The molecule has 0 aromatic heterocycles. The van der Waals surface area contributed by atoms with E-state index in [0.29, 0.717) is 13.2 Å². The van der Waals surface area contributed by atoms with Crippen molar-refractivity contribution in [3.05, 3.63) is 0 Å². The summed E-state index contributed by atoms with van der Waals surface area (Å²) >= 11 is 0. The maximum absolute atomic E-state index is 11.9. The second-order valence-corrected chi connectivity index (χ2v) is 6.27. The van der Waals surface area contributed by atoms with Gasteiger partial charge in [0.15, 0.2) is 5.79 Å². The molecule has 2 aliphatic rings. The van der Waals surface area contributed by atoms with Crippen LogP contribution in [0.4, 0.5) is 4.79 Å². The van der Waals surface area contributed by atoms with Crippen LogP contribution < -0.4 is 5.32 Å². The molecule has 0 radical (unpaired) electrons. The molecule has 1 aliphatic heterocycles. The van der Waals surface area contributed by atoms with Gasteiger partial charge in [-0.15, -0.1) is 0 Å². The monoisotopic (exact) mass is 284 g/mol. The quantitative estimate of drug-likeness (QED) is 0.866. The van der Waals surface area contributed by atoms with Crippen LogP contribution in [0.2, 0.25) is 0 Å². The predicted molar refractivity (Wildman–Crippen MR) is 77.6 cm³/mol. The average Bonchev–Trinajstić information content (AvgIpc) is 2.67. The summed E-state index contributed by atoms with van der Waals surface area (Å²) in [7, 11) is 1.80. The molecule has 2 rings (SSSR count). The van der Waals surface area contributed by atoms with Crippen molar-refractivity contribution in [2.75, 3.05) is 20.2 Å². The highest BCUT2D eigenvalue weighted by Gasteiger charge is 2.41. The summed E-state index contributed by atoms with van der Waals surface area (Å²) in [5.74, 6) is -0.365. The van der Waals surface area contributed by atoms with Crippen molar-refractivity contribution >= 4 is 6.03 Å². The number of rotatable bonds is 3. The first-order valence-corrected chi connectivity index (χ1v) is 7.85. The van der Waals surface area contributed by atoms with E-state index in [4.69, 9.17) is 9.47 Å². The molecular weight excluding hydrogens is 256 g/mol. The molecule has 20 heavy (non-hydrogen) atoms. The first-order valence-electron chi connectivity index (χ1n) is 7.85. The second-order valence-electron chi connectivity index (χ2n) is 6.27. The third kappa shape index (κ3) is 3.85. The van der Waals surface area contributed by atoms with Crippen LogP contribution in [0, 0.1) is 0 Å². The molecule has 1 aliphatic carbocycles. The van der Waals surface area contributed by atoms with Crippen molar-refractivity contribution in [1.29, 1.82) is 0 Å². The van der Waals surface area contributed by atoms with Crippen molar-refractivity contribution in [3.8, 4) is 0 Å². The Kier molecular flexibility index (Phi) is 5.27.